The van der Waals surface area contributed by atoms with Gasteiger partial charge >= 0.3 is 0 Å². The van der Waals surface area contributed by atoms with Crippen LogP contribution >= 0.6 is 0 Å². The zero-order valence-corrected chi connectivity index (χ0v) is 21.2. The first-order valence-electron chi connectivity index (χ1n) is 13.4. The Morgan fingerprint density at radius 2 is 1.89 bits per heavy atom. The van der Waals surface area contributed by atoms with Gasteiger partial charge in [0, 0.05) is 42.8 Å². The molecule has 35 heavy (non-hydrogen) atoms. The van der Waals surface area contributed by atoms with Gasteiger partial charge in [-0.2, -0.15) is 0 Å². The summed E-state index contributed by atoms with van der Waals surface area (Å²) in [6.45, 7) is 5.72. The molecule has 6 atom stereocenters. The maximum absolute atomic E-state index is 10.1. The molecule has 4 aliphatic heterocycles. The minimum atomic E-state index is 0.378. The zero-order chi connectivity index (χ0) is 24.1. The molecule has 0 bridgehead atoms. The number of hydrogen-bond donors (Lipinski definition) is 3. The van der Waals surface area contributed by atoms with E-state index in [1.165, 1.54) is 48.2 Å². The van der Waals surface area contributed by atoms with E-state index in [9.17, 15) is 5.11 Å². The molecule has 188 valence electrons. The minimum Gasteiger partial charge on any atom is -0.508 e. The second-order valence-corrected chi connectivity index (χ2v) is 11.0. The maximum Gasteiger partial charge on any atom is 0.161 e. The molecule has 0 radical (unpaired) electrons. The summed E-state index contributed by atoms with van der Waals surface area (Å²) in [4.78, 5) is 2.72. The minimum absolute atomic E-state index is 0.378. The van der Waals surface area contributed by atoms with Crippen molar-refractivity contribution in [1.29, 1.82) is 0 Å². The van der Waals surface area contributed by atoms with E-state index in [4.69, 9.17) is 9.47 Å². The molecule has 6 rings (SSSR count). The zero-order valence-electron chi connectivity index (χ0n) is 21.2. The standard InChI is InChI=1S/C29H39N3O3/c1-4-17-16-32-10-8-18-13-27(34-2)28(35-3)15-22(18)26(32)12-19(17)11-25-29-21(7-9-30-25)23-14-20(33)5-6-24(23)31-29/h5-6,13-15,17,19,21,25-26,29-31,33H,4,7-12,16H2,1-3H3/t17-,19-,21-,25-,26-,29+/m0/s1. The highest BCUT2D eigenvalue weighted by molar-refractivity contribution is 5.62. The number of rotatable bonds is 5. The number of aromatic hydroxyl groups is 1. The van der Waals surface area contributed by atoms with E-state index in [1.54, 1.807) is 20.3 Å². The molecule has 0 aromatic heterocycles. The second kappa shape index (κ2) is 9.21. The first-order chi connectivity index (χ1) is 17.1. The van der Waals surface area contributed by atoms with Crippen LogP contribution in [0, 0.1) is 11.8 Å². The Hall–Kier alpha value is -2.44. The van der Waals surface area contributed by atoms with E-state index in [0.29, 0.717) is 35.7 Å². The van der Waals surface area contributed by atoms with Gasteiger partial charge in [-0.05, 0) is 91.1 Å². The van der Waals surface area contributed by atoms with Crippen LogP contribution in [0.1, 0.15) is 61.3 Å². The number of fused-ring (bicyclic) bond motifs is 6. The van der Waals surface area contributed by atoms with Crippen LogP contribution in [-0.2, 0) is 6.42 Å². The van der Waals surface area contributed by atoms with Crippen molar-refractivity contribution in [3.8, 4) is 17.2 Å². The third-order valence-corrected chi connectivity index (χ3v) is 9.34. The molecule has 6 nitrogen and oxygen atoms in total. The molecule has 2 fully saturated rings. The average molecular weight is 478 g/mol. The number of phenolic OH excluding ortho intramolecular Hbond substituents is 1. The van der Waals surface area contributed by atoms with Crippen molar-refractivity contribution in [3.05, 3.63) is 47.0 Å². The van der Waals surface area contributed by atoms with Gasteiger partial charge in [0.1, 0.15) is 5.75 Å². The van der Waals surface area contributed by atoms with Gasteiger partial charge in [0.05, 0.1) is 14.2 Å². The molecular weight excluding hydrogens is 438 g/mol. The van der Waals surface area contributed by atoms with Crippen molar-refractivity contribution in [1.82, 2.24) is 10.2 Å². The summed E-state index contributed by atoms with van der Waals surface area (Å²) in [7, 11) is 3.46. The number of nitrogens with zero attached hydrogens (tertiary/aromatic N) is 1. The number of anilines is 1. The predicted molar refractivity (Wildman–Crippen MR) is 139 cm³/mol. The third-order valence-electron chi connectivity index (χ3n) is 9.34. The monoisotopic (exact) mass is 477 g/mol. The van der Waals surface area contributed by atoms with E-state index in [0.717, 1.165) is 43.3 Å². The molecule has 0 aliphatic carbocycles. The van der Waals surface area contributed by atoms with Gasteiger partial charge in [-0.1, -0.05) is 13.3 Å². The smallest absolute Gasteiger partial charge is 0.161 e. The number of ether oxygens (including phenoxy) is 2. The number of methoxy groups -OCH3 is 2. The van der Waals surface area contributed by atoms with E-state index in [2.05, 4.69) is 34.6 Å². The fourth-order valence-corrected chi connectivity index (χ4v) is 7.54. The highest BCUT2D eigenvalue weighted by Crippen LogP contribution is 2.48. The highest BCUT2D eigenvalue weighted by atomic mass is 16.5. The summed E-state index contributed by atoms with van der Waals surface area (Å²) in [5.74, 6) is 3.95. The summed E-state index contributed by atoms with van der Waals surface area (Å²) < 4.78 is 11.3. The van der Waals surface area contributed by atoms with Gasteiger partial charge in [-0.15, -0.1) is 0 Å². The van der Waals surface area contributed by atoms with Crippen molar-refractivity contribution in [3.63, 3.8) is 0 Å². The first-order valence-corrected chi connectivity index (χ1v) is 13.4. The molecule has 2 saturated heterocycles. The van der Waals surface area contributed by atoms with Crippen LogP contribution < -0.4 is 20.1 Å². The Morgan fingerprint density at radius 3 is 2.69 bits per heavy atom. The van der Waals surface area contributed by atoms with Crippen LogP contribution in [0.2, 0.25) is 0 Å². The van der Waals surface area contributed by atoms with Crippen molar-refractivity contribution in [2.45, 2.75) is 63.1 Å². The molecule has 4 aliphatic rings. The van der Waals surface area contributed by atoms with E-state index < -0.39 is 0 Å². The van der Waals surface area contributed by atoms with Crippen LogP contribution in [0.5, 0.6) is 17.2 Å². The van der Waals surface area contributed by atoms with Crippen molar-refractivity contribution >= 4 is 5.69 Å². The first kappa shape index (κ1) is 23.0. The van der Waals surface area contributed by atoms with E-state index in [-0.39, 0.29) is 0 Å². The largest absolute Gasteiger partial charge is 0.508 e. The second-order valence-electron chi connectivity index (χ2n) is 11.0. The summed E-state index contributed by atoms with van der Waals surface area (Å²) in [6.07, 6.45) is 5.83. The van der Waals surface area contributed by atoms with Gasteiger partial charge in [-0.3, -0.25) is 4.90 Å². The summed E-state index contributed by atoms with van der Waals surface area (Å²) >= 11 is 0. The van der Waals surface area contributed by atoms with Crippen LogP contribution in [-0.4, -0.2) is 55.9 Å². The van der Waals surface area contributed by atoms with E-state index in [1.807, 2.05) is 12.1 Å². The van der Waals surface area contributed by atoms with Crippen LogP contribution in [0.25, 0.3) is 0 Å². The molecule has 0 unspecified atom stereocenters. The molecule has 0 spiro atoms. The third kappa shape index (κ3) is 3.95. The van der Waals surface area contributed by atoms with Crippen LogP contribution in [0.15, 0.2) is 30.3 Å². The SMILES string of the molecule is CC[C@H]1CN2CCc3cc(OC)c(OC)cc3[C@@H]2C[C@@H]1C[C@@H]1NCC[C@H]2c3cc(O)ccc3N[C@@H]12. The van der Waals surface area contributed by atoms with Crippen molar-refractivity contribution in [2.75, 3.05) is 39.2 Å². The molecule has 6 heteroatoms. The van der Waals surface area contributed by atoms with E-state index >= 15 is 0 Å². The molecule has 0 saturated carbocycles. The molecule has 0 amide bonds. The number of phenols is 1. The van der Waals surface area contributed by atoms with Gasteiger partial charge in [-0.25, -0.2) is 0 Å². The Kier molecular flexibility index (Phi) is 6.05. The van der Waals surface area contributed by atoms with Crippen LogP contribution in [0.4, 0.5) is 5.69 Å². The van der Waals surface area contributed by atoms with Gasteiger partial charge < -0.3 is 25.2 Å². The van der Waals surface area contributed by atoms with Crippen molar-refractivity contribution < 1.29 is 14.6 Å². The normalized spacial score (nSPS) is 31.5. The Morgan fingerprint density at radius 1 is 1.06 bits per heavy atom. The molecule has 3 N–H and O–H groups in total. The lowest BCUT2D eigenvalue weighted by Crippen LogP contribution is -2.53. The highest BCUT2D eigenvalue weighted by Gasteiger charge is 2.44. The number of nitrogens with one attached hydrogen (secondary N) is 2. The molecule has 4 heterocycles. The van der Waals surface area contributed by atoms with Crippen LogP contribution in [0.3, 0.4) is 0 Å². The summed E-state index contributed by atoms with van der Waals surface area (Å²) in [5.41, 5.74) is 5.35. The Bertz CT molecular complexity index is 1090. The quantitative estimate of drug-likeness (QED) is 0.543. The van der Waals surface area contributed by atoms with Gasteiger partial charge in [0.15, 0.2) is 11.5 Å². The topological polar surface area (TPSA) is 66.0 Å². The summed E-state index contributed by atoms with van der Waals surface area (Å²) in [5, 5.41) is 17.8. The van der Waals surface area contributed by atoms with Gasteiger partial charge in [0.25, 0.3) is 0 Å². The summed E-state index contributed by atoms with van der Waals surface area (Å²) in [6, 6.07) is 11.6. The fourth-order valence-electron chi connectivity index (χ4n) is 7.54. The van der Waals surface area contributed by atoms with Gasteiger partial charge in [0.2, 0.25) is 0 Å². The predicted octanol–water partition coefficient (Wildman–Crippen LogP) is 4.68. The lowest BCUT2D eigenvalue weighted by Gasteiger charge is -2.49. The fraction of sp³-hybridized carbons (Fsp3) is 0.586. The number of benzene rings is 2. The molecular formula is C29H39N3O3. The molecule has 2 aromatic carbocycles. The average Bonchev–Trinajstić information content (AvgIpc) is 3.26. The Balaban J connectivity index is 1.25. The number of piperidine rings is 2. The maximum atomic E-state index is 10.1. The Labute approximate surface area is 209 Å². The lowest BCUT2D eigenvalue weighted by molar-refractivity contribution is 0.0414. The number of hydrogen-bond acceptors (Lipinski definition) is 6. The van der Waals surface area contributed by atoms with Crippen molar-refractivity contribution in [2.24, 2.45) is 11.8 Å². The molecule has 2 aromatic rings. The lowest BCUT2D eigenvalue weighted by atomic mass is 9.71.